The van der Waals surface area contributed by atoms with E-state index in [1.54, 1.807) is 11.3 Å². The maximum absolute atomic E-state index is 12.4. The van der Waals surface area contributed by atoms with Gasteiger partial charge >= 0.3 is 0 Å². The molecule has 0 spiro atoms. The first-order valence-corrected chi connectivity index (χ1v) is 8.33. The Hall–Kier alpha value is -0.870. The van der Waals surface area contributed by atoms with Crippen LogP contribution < -0.4 is 11.1 Å². The molecule has 3 N–H and O–H groups in total. The fourth-order valence-corrected chi connectivity index (χ4v) is 5.01. The highest BCUT2D eigenvalue weighted by Gasteiger charge is 2.61. The molecule has 0 saturated heterocycles. The lowest BCUT2D eigenvalue weighted by Crippen LogP contribution is -2.49. The van der Waals surface area contributed by atoms with Crippen LogP contribution in [0, 0.1) is 16.7 Å². The third-order valence-electron chi connectivity index (χ3n) is 6.24. The summed E-state index contributed by atoms with van der Waals surface area (Å²) in [6.45, 7) is 7.05. The minimum atomic E-state index is -0.527. The van der Waals surface area contributed by atoms with Crippen molar-refractivity contribution >= 4 is 17.2 Å². The van der Waals surface area contributed by atoms with Crippen molar-refractivity contribution in [3.8, 4) is 0 Å². The van der Waals surface area contributed by atoms with Crippen molar-refractivity contribution in [3.63, 3.8) is 0 Å². The van der Waals surface area contributed by atoms with Crippen LogP contribution in [-0.4, -0.2) is 11.9 Å². The second-order valence-corrected chi connectivity index (χ2v) is 8.14. The lowest BCUT2D eigenvalue weighted by molar-refractivity contribution is -0.124. The maximum atomic E-state index is 12.4. The van der Waals surface area contributed by atoms with Gasteiger partial charge in [-0.15, -0.1) is 11.3 Å². The van der Waals surface area contributed by atoms with Gasteiger partial charge in [-0.25, -0.2) is 0 Å². The van der Waals surface area contributed by atoms with Gasteiger partial charge in [0, 0.05) is 10.9 Å². The van der Waals surface area contributed by atoms with Gasteiger partial charge in [0.2, 0.25) is 5.91 Å². The minimum absolute atomic E-state index is 0.0259. The number of carbonyl (C=O) groups is 1. The van der Waals surface area contributed by atoms with Gasteiger partial charge in [-0.2, -0.15) is 0 Å². The number of rotatable bonds is 3. The highest BCUT2D eigenvalue weighted by Crippen LogP contribution is 2.65. The first kappa shape index (κ1) is 14.1. The van der Waals surface area contributed by atoms with Crippen LogP contribution in [0.1, 0.15) is 51.0 Å². The summed E-state index contributed by atoms with van der Waals surface area (Å²) >= 11 is 1.55. The molecule has 2 bridgehead atoms. The summed E-state index contributed by atoms with van der Waals surface area (Å²) in [7, 11) is 0. The Balaban J connectivity index is 1.72. The zero-order valence-corrected chi connectivity index (χ0v) is 13.3. The third kappa shape index (κ3) is 1.85. The summed E-state index contributed by atoms with van der Waals surface area (Å²) in [5.41, 5.74) is 6.60. The van der Waals surface area contributed by atoms with E-state index in [-0.39, 0.29) is 17.4 Å². The minimum Gasteiger partial charge on any atom is -0.351 e. The van der Waals surface area contributed by atoms with Crippen molar-refractivity contribution in [1.82, 2.24) is 5.32 Å². The fraction of sp³-hybridized carbons (Fsp3) is 0.688. The second kappa shape index (κ2) is 4.57. The highest BCUT2D eigenvalue weighted by molar-refractivity contribution is 7.10. The molecule has 2 aliphatic carbocycles. The molecule has 4 heteroatoms. The van der Waals surface area contributed by atoms with Crippen LogP contribution in [0.25, 0.3) is 0 Å². The zero-order chi connectivity index (χ0) is 14.5. The Morgan fingerprint density at radius 3 is 2.75 bits per heavy atom. The van der Waals surface area contributed by atoms with Crippen molar-refractivity contribution in [2.24, 2.45) is 22.5 Å². The lowest BCUT2D eigenvalue weighted by atomic mass is 9.69. The summed E-state index contributed by atoms with van der Waals surface area (Å²) in [5, 5.41) is 5.20. The summed E-state index contributed by atoms with van der Waals surface area (Å²) in [5.74, 6) is 0.706. The Morgan fingerprint density at radius 2 is 2.25 bits per heavy atom. The molecule has 3 rings (SSSR count). The van der Waals surface area contributed by atoms with Gasteiger partial charge in [-0.1, -0.05) is 26.8 Å². The molecule has 1 amide bonds. The van der Waals surface area contributed by atoms with E-state index in [2.05, 4.69) is 26.1 Å². The molecule has 2 aliphatic rings. The number of thiophene rings is 1. The third-order valence-corrected chi connectivity index (χ3v) is 7.20. The van der Waals surface area contributed by atoms with E-state index >= 15 is 0 Å². The van der Waals surface area contributed by atoms with Crippen molar-refractivity contribution in [1.29, 1.82) is 0 Å². The van der Waals surface area contributed by atoms with E-state index < -0.39 is 6.04 Å². The molecule has 4 atom stereocenters. The summed E-state index contributed by atoms with van der Waals surface area (Å²) in [6.07, 6.45) is 3.61. The predicted octanol–water partition coefficient (Wildman–Crippen LogP) is 3.08. The van der Waals surface area contributed by atoms with E-state index in [1.165, 1.54) is 12.8 Å². The number of carbonyl (C=O) groups excluding carboxylic acids is 1. The van der Waals surface area contributed by atoms with Crippen molar-refractivity contribution < 1.29 is 4.79 Å². The number of nitrogens with two attached hydrogens (primary N) is 1. The number of hydrogen-bond acceptors (Lipinski definition) is 3. The molecule has 2 saturated carbocycles. The smallest absolute Gasteiger partial charge is 0.242 e. The van der Waals surface area contributed by atoms with Crippen LogP contribution >= 0.6 is 11.3 Å². The van der Waals surface area contributed by atoms with Crippen LogP contribution in [0.2, 0.25) is 0 Å². The van der Waals surface area contributed by atoms with Crippen LogP contribution in [0.4, 0.5) is 0 Å². The largest absolute Gasteiger partial charge is 0.351 e. The Labute approximate surface area is 124 Å². The number of fused-ring (bicyclic) bond motifs is 2. The van der Waals surface area contributed by atoms with Crippen molar-refractivity contribution in [3.05, 3.63) is 22.4 Å². The van der Waals surface area contributed by atoms with Gasteiger partial charge in [-0.05, 0) is 47.5 Å². The summed E-state index contributed by atoms with van der Waals surface area (Å²) in [6, 6.07) is 3.62. The standard InChI is InChI=1S/C16H24N2OS/c1-15(2)10-6-7-16(15,3)12(9-10)18-14(19)13(17)11-5-4-8-20-11/h4-5,8,10,12-13H,6-7,9,17H2,1-3H3,(H,18,19). The second-order valence-electron chi connectivity index (χ2n) is 7.16. The van der Waals surface area contributed by atoms with Gasteiger partial charge in [0.15, 0.2) is 0 Å². The van der Waals surface area contributed by atoms with Crippen molar-refractivity contribution in [2.45, 2.75) is 52.1 Å². The van der Waals surface area contributed by atoms with E-state index in [4.69, 9.17) is 5.73 Å². The van der Waals surface area contributed by atoms with Crippen LogP contribution in [0.3, 0.4) is 0 Å². The molecule has 3 nitrogen and oxygen atoms in total. The topological polar surface area (TPSA) is 55.1 Å². The molecular weight excluding hydrogens is 268 g/mol. The average Bonchev–Trinajstić information content (AvgIpc) is 3.04. The van der Waals surface area contributed by atoms with E-state index in [1.807, 2.05) is 17.5 Å². The predicted molar refractivity (Wildman–Crippen MR) is 82.4 cm³/mol. The van der Waals surface area contributed by atoms with Gasteiger partial charge in [0.05, 0.1) is 0 Å². The molecule has 0 aliphatic heterocycles. The molecular formula is C16H24N2OS. The lowest BCUT2D eigenvalue weighted by Gasteiger charge is -2.39. The quantitative estimate of drug-likeness (QED) is 0.899. The number of hydrogen-bond donors (Lipinski definition) is 2. The van der Waals surface area contributed by atoms with E-state index in [0.717, 1.165) is 17.2 Å². The van der Waals surface area contributed by atoms with Crippen molar-refractivity contribution in [2.75, 3.05) is 0 Å². The van der Waals surface area contributed by atoms with Gasteiger partial charge in [0.25, 0.3) is 0 Å². The van der Waals surface area contributed by atoms with Gasteiger partial charge < -0.3 is 11.1 Å². The molecule has 1 aromatic heterocycles. The zero-order valence-electron chi connectivity index (χ0n) is 12.5. The van der Waals surface area contributed by atoms with E-state index in [0.29, 0.717) is 5.41 Å². The molecule has 1 aromatic rings. The first-order chi connectivity index (χ1) is 9.36. The molecule has 0 aromatic carbocycles. The maximum Gasteiger partial charge on any atom is 0.242 e. The Bertz CT molecular complexity index is 511. The highest BCUT2D eigenvalue weighted by atomic mass is 32.1. The summed E-state index contributed by atoms with van der Waals surface area (Å²) in [4.78, 5) is 13.3. The SMILES string of the molecule is CC1(C)C2CCC1(C)C(NC(=O)C(N)c1cccs1)C2. The molecule has 110 valence electrons. The molecule has 1 heterocycles. The van der Waals surface area contributed by atoms with Crippen LogP contribution in [0.15, 0.2) is 17.5 Å². The van der Waals surface area contributed by atoms with E-state index in [9.17, 15) is 4.79 Å². The normalized spacial score (nSPS) is 36.0. The molecule has 2 fully saturated rings. The van der Waals surface area contributed by atoms with Crippen LogP contribution in [0.5, 0.6) is 0 Å². The first-order valence-electron chi connectivity index (χ1n) is 7.45. The number of nitrogens with one attached hydrogen (secondary N) is 1. The molecule has 0 radical (unpaired) electrons. The van der Waals surface area contributed by atoms with Gasteiger partial charge in [0.1, 0.15) is 6.04 Å². The monoisotopic (exact) mass is 292 g/mol. The Morgan fingerprint density at radius 1 is 1.50 bits per heavy atom. The van der Waals surface area contributed by atoms with Crippen LogP contribution in [-0.2, 0) is 4.79 Å². The fourth-order valence-electron chi connectivity index (χ4n) is 4.28. The summed E-state index contributed by atoms with van der Waals surface area (Å²) < 4.78 is 0. The number of amides is 1. The molecule has 4 unspecified atom stereocenters. The van der Waals surface area contributed by atoms with Gasteiger partial charge in [-0.3, -0.25) is 4.79 Å². The average molecular weight is 292 g/mol. The molecule has 20 heavy (non-hydrogen) atoms. The Kier molecular flexibility index (Phi) is 3.22.